The molecule has 2 aliphatic heterocycles. The first-order valence-corrected chi connectivity index (χ1v) is 15.8. The number of aliphatic hydroxyl groups is 3. The topological polar surface area (TPSA) is 99.2 Å². The van der Waals surface area contributed by atoms with Crippen LogP contribution in [0.1, 0.15) is 90.9 Å². The van der Waals surface area contributed by atoms with Gasteiger partial charge in [-0.25, -0.2) is 0 Å². The largest absolute Gasteiger partial charge is 0.394 e. The van der Waals surface area contributed by atoms with Crippen molar-refractivity contribution in [2.24, 2.45) is 40.7 Å². The maximum Gasteiger partial charge on any atom is 0.0864 e. The first-order chi connectivity index (χ1) is 17.7. The van der Waals surface area contributed by atoms with Crippen molar-refractivity contribution in [3.8, 4) is 0 Å². The van der Waals surface area contributed by atoms with Crippen molar-refractivity contribution in [3.05, 3.63) is 0 Å². The molecule has 7 heteroatoms. The molecule has 2 saturated carbocycles. The number of halogens is 1. The van der Waals surface area contributed by atoms with Crippen LogP contribution in [0.3, 0.4) is 0 Å². The molecule has 0 aromatic rings. The third-order valence-corrected chi connectivity index (χ3v) is 11.3. The Morgan fingerprint density at radius 1 is 1.05 bits per heavy atom. The number of nitrogens with zero attached hydrogens (tertiary/aromatic N) is 1. The minimum atomic E-state index is -0.623. The van der Waals surface area contributed by atoms with E-state index in [1.807, 2.05) is 0 Å². The van der Waals surface area contributed by atoms with Crippen LogP contribution in [0.4, 0.5) is 0 Å². The van der Waals surface area contributed by atoms with E-state index >= 15 is 0 Å². The van der Waals surface area contributed by atoms with Crippen LogP contribution in [0.25, 0.3) is 0 Å². The average molecular weight is 543 g/mol. The Morgan fingerprint density at radius 3 is 2.51 bits per heavy atom. The highest BCUT2D eigenvalue weighted by Crippen LogP contribution is 2.49. The number of nitrogens with two attached hydrogens (primary N) is 1. The molecule has 4 fully saturated rings. The van der Waals surface area contributed by atoms with E-state index in [-0.39, 0.29) is 17.4 Å². The summed E-state index contributed by atoms with van der Waals surface area (Å²) in [7, 11) is 0. The van der Waals surface area contributed by atoms with Crippen LogP contribution in [0.2, 0.25) is 0 Å². The summed E-state index contributed by atoms with van der Waals surface area (Å²) in [6.07, 6.45) is 12.4. The van der Waals surface area contributed by atoms with E-state index in [0.717, 1.165) is 97.0 Å². The summed E-state index contributed by atoms with van der Waals surface area (Å²) in [5.41, 5.74) is 5.16. The highest BCUT2D eigenvalue weighted by atomic mass is 35.5. The Bertz CT molecular complexity index is 703. The molecule has 4 aliphatic rings. The van der Waals surface area contributed by atoms with Crippen LogP contribution >= 0.6 is 11.6 Å². The lowest BCUT2D eigenvalue weighted by atomic mass is 9.65. The summed E-state index contributed by atoms with van der Waals surface area (Å²) >= 11 is 6.38. The zero-order valence-electron chi connectivity index (χ0n) is 23.5. The fourth-order valence-electron chi connectivity index (χ4n) is 8.67. The Balaban J connectivity index is 1.36. The lowest BCUT2D eigenvalue weighted by molar-refractivity contribution is -0.124. The van der Waals surface area contributed by atoms with Gasteiger partial charge in [0, 0.05) is 23.9 Å². The second-order valence-corrected chi connectivity index (χ2v) is 14.4. The van der Waals surface area contributed by atoms with Crippen molar-refractivity contribution in [2.75, 3.05) is 39.4 Å². The second-order valence-electron chi connectivity index (χ2n) is 13.8. The van der Waals surface area contributed by atoms with Crippen LogP contribution in [0.15, 0.2) is 0 Å². The van der Waals surface area contributed by atoms with E-state index in [2.05, 4.69) is 18.7 Å². The molecule has 216 valence electrons. The van der Waals surface area contributed by atoms with Crippen LogP contribution in [-0.2, 0) is 4.74 Å². The monoisotopic (exact) mass is 542 g/mol. The van der Waals surface area contributed by atoms with Gasteiger partial charge in [-0.15, -0.1) is 11.6 Å². The fraction of sp³-hybridized carbons (Fsp3) is 1.00. The van der Waals surface area contributed by atoms with Gasteiger partial charge in [-0.3, -0.25) is 4.90 Å². The molecule has 6 nitrogen and oxygen atoms in total. The standard InChI is InChI=1S/C30H55ClN2O4/c1-29(2)19-33(20-30(29,36)23-8-10-24(31)11-9-23)14-4-6-26-22(5-3-13-32)18-37-28-12-7-21(16-27(26)28)15-25(35)17-34/h21-28,34-36H,3-20,32H2,1-2H3/t21-,22-,23?,24?,25?,26-,27-,28?,30?/m1/s1. The first kappa shape index (κ1) is 30.0. The summed E-state index contributed by atoms with van der Waals surface area (Å²) < 4.78 is 6.40. The minimum Gasteiger partial charge on any atom is -0.394 e. The van der Waals surface area contributed by atoms with E-state index in [9.17, 15) is 15.3 Å². The van der Waals surface area contributed by atoms with E-state index in [4.69, 9.17) is 22.1 Å². The van der Waals surface area contributed by atoms with Crippen LogP contribution in [0, 0.1) is 35.0 Å². The Kier molecular flexibility index (Phi) is 10.7. The minimum absolute atomic E-state index is 0.103. The van der Waals surface area contributed by atoms with Crippen LogP contribution in [0.5, 0.6) is 0 Å². The Labute approximate surface area is 230 Å². The molecule has 0 bridgehead atoms. The molecule has 0 amide bonds. The van der Waals surface area contributed by atoms with Gasteiger partial charge in [0.05, 0.1) is 31.0 Å². The average Bonchev–Trinajstić information content (AvgIpc) is 3.11. The molecule has 0 aromatic heterocycles. The van der Waals surface area contributed by atoms with Gasteiger partial charge in [0.2, 0.25) is 0 Å². The molecule has 0 spiro atoms. The lowest BCUT2D eigenvalue weighted by Crippen LogP contribution is -2.51. The first-order valence-electron chi connectivity index (χ1n) is 15.4. The number of rotatable bonds is 11. The number of fused-ring (bicyclic) bond motifs is 1. The third-order valence-electron chi connectivity index (χ3n) is 10.8. The predicted octanol–water partition coefficient (Wildman–Crippen LogP) is 4.17. The molecular formula is C30H55ClN2O4. The molecule has 5 N–H and O–H groups in total. The quantitative estimate of drug-likeness (QED) is 0.292. The van der Waals surface area contributed by atoms with Gasteiger partial charge in [-0.2, -0.15) is 0 Å². The summed E-state index contributed by atoms with van der Waals surface area (Å²) in [6, 6.07) is 0. The number of hydrogen-bond donors (Lipinski definition) is 4. The Morgan fingerprint density at radius 2 is 1.81 bits per heavy atom. The molecular weight excluding hydrogens is 488 g/mol. The molecule has 2 saturated heterocycles. The predicted molar refractivity (Wildman–Crippen MR) is 150 cm³/mol. The number of ether oxygens (including phenoxy) is 1. The number of aliphatic hydroxyl groups excluding tert-OH is 2. The van der Waals surface area contributed by atoms with Crippen molar-refractivity contribution < 1.29 is 20.1 Å². The van der Waals surface area contributed by atoms with Gasteiger partial charge in [-0.1, -0.05) is 13.8 Å². The smallest absolute Gasteiger partial charge is 0.0864 e. The van der Waals surface area contributed by atoms with Crippen molar-refractivity contribution in [3.63, 3.8) is 0 Å². The van der Waals surface area contributed by atoms with Gasteiger partial charge in [0.15, 0.2) is 0 Å². The molecule has 2 aliphatic carbocycles. The van der Waals surface area contributed by atoms with E-state index < -0.39 is 11.7 Å². The van der Waals surface area contributed by atoms with Gasteiger partial charge >= 0.3 is 0 Å². The zero-order chi connectivity index (χ0) is 26.6. The molecule has 7 atom stereocenters. The summed E-state index contributed by atoms with van der Waals surface area (Å²) in [5.74, 6) is 2.56. The van der Waals surface area contributed by atoms with E-state index in [0.29, 0.717) is 42.1 Å². The zero-order valence-corrected chi connectivity index (χ0v) is 24.3. The normalized spacial score (nSPS) is 41.4. The van der Waals surface area contributed by atoms with Gasteiger partial charge in [-0.05, 0) is 120 Å². The summed E-state index contributed by atoms with van der Waals surface area (Å²) in [6.45, 7) is 8.75. The highest BCUT2D eigenvalue weighted by molar-refractivity contribution is 6.20. The number of likely N-dealkylation sites (tertiary alicyclic amines) is 1. The number of alkyl halides is 1. The SMILES string of the molecule is CC1(C)CN(CCC[C@@H]2[C@H](CCCN)COC3CC[C@H](CC(O)CO)C[C@@H]32)CC1(O)C1CCC(Cl)CC1. The van der Waals surface area contributed by atoms with E-state index in [1.165, 1.54) is 6.42 Å². The van der Waals surface area contributed by atoms with Crippen LogP contribution in [-0.4, -0.2) is 82.8 Å². The number of hydrogen-bond acceptors (Lipinski definition) is 6. The summed E-state index contributed by atoms with van der Waals surface area (Å²) in [4.78, 5) is 2.53. The second kappa shape index (κ2) is 13.1. The van der Waals surface area contributed by atoms with Crippen molar-refractivity contribution >= 4 is 11.6 Å². The molecule has 37 heavy (non-hydrogen) atoms. The molecule has 3 unspecified atom stereocenters. The molecule has 4 rings (SSSR count). The van der Waals surface area contributed by atoms with Crippen molar-refractivity contribution in [1.82, 2.24) is 4.90 Å². The summed E-state index contributed by atoms with van der Waals surface area (Å²) in [5, 5.41) is 31.6. The molecule has 0 aromatic carbocycles. The molecule has 2 heterocycles. The van der Waals surface area contributed by atoms with Crippen molar-refractivity contribution in [1.29, 1.82) is 0 Å². The van der Waals surface area contributed by atoms with Gasteiger partial charge < -0.3 is 25.8 Å². The van der Waals surface area contributed by atoms with Gasteiger partial charge in [0.1, 0.15) is 0 Å². The fourth-order valence-corrected chi connectivity index (χ4v) is 8.93. The van der Waals surface area contributed by atoms with Crippen LogP contribution < -0.4 is 5.73 Å². The lowest BCUT2D eigenvalue weighted by Gasteiger charge is -2.48. The maximum absolute atomic E-state index is 11.9. The van der Waals surface area contributed by atoms with E-state index in [1.54, 1.807) is 0 Å². The van der Waals surface area contributed by atoms with Crippen molar-refractivity contribution in [2.45, 2.75) is 114 Å². The molecule has 0 radical (unpaired) electrons. The number of β-amino-alcohol motifs (C(OH)–C–C–N with tert-alkyl or cyclic N) is 1. The van der Waals surface area contributed by atoms with Gasteiger partial charge in [0.25, 0.3) is 0 Å². The third kappa shape index (κ3) is 7.04. The maximum atomic E-state index is 11.9. The Hall–Kier alpha value is 0.0500. The highest BCUT2D eigenvalue weighted by Gasteiger charge is 2.55.